The SMILES string of the molecule is CC1CCN(c2nccc(C#N)c2N)C1. The van der Waals surface area contributed by atoms with Gasteiger partial charge < -0.3 is 10.6 Å². The zero-order valence-corrected chi connectivity index (χ0v) is 8.77. The van der Waals surface area contributed by atoms with Crippen LogP contribution < -0.4 is 10.6 Å². The Kier molecular flexibility index (Phi) is 2.46. The predicted octanol–water partition coefficient (Wildman–Crippen LogP) is 1.38. The van der Waals surface area contributed by atoms with Gasteiger partial charge in [0.25, 0.3) is 0 Å². The fourth-order valence-electron chi connectivity index (χ4n) is 1.94. The second-order valence-electron chi connectivity index (χ2n) is 4.05. The second-order valence-corrected chi connectivity index (χ2v) is 4.05. The summed E-state index contributed by atoms with van der Waals surface area (Å²) in [5.41, 5.74) is 6.91. The van der Waals surface area contributed by atoms with Crippen LogP contribution in [-0.4, -0.2) is 18.1 Å². The van der Waals surface area contributed by atoms with E-state index in [1.165, 1.54) is 0 Å². The van der Waals surface area contributed by atoms with Crippen LogP contribution in [0.4, 0.5) is 11.5 Å². The van der Waals surface area contributed by atoms with Crippen molar-refractivity contribution in [3.8, 4) is 6.07 Å². The minimum atomic E-state index is 0.508. The van der Waals surface area contributed by atoms with Crippen LogP contribution >= 0.6 is 0 Å². The molecule has 15 heavy (non-hydrogen) atoms. The topological polar surface area (TPSA) is 65.9 Å². The molecule has 2 N–H and O–H groups in total. The summed E-state index contributed by atoms with van der Waals surface area (Å²) in [6, 6.07) is 3.73. The maximum Gasteiger partial charge on any atom is 0.153 e. The van der Waals surface area contributed by atoms with Crippen molar-refractivity contribution in [1.82, 2.24) is 4.98 Å². The van der Waals surface area contributed by atoms with E-state index in [2.05, 4.69) is 22.9 Å². The standard InChI is InChI=1S/C11H14N4/c1-8-3-5-15(7-8)11-10(13)9(6-12)2-4-14-11/h2,4,8H,3,5,7,13H2,1H3. The molecule has 0 saturated carbocycles. The fourth-order valence-corrected chi connectivity index (χ4v) is 1.94. The van der Waals surface area contributed by atoms with Crippen molar-refractivity contribution in [2.45, 2.75) is 13.3 Å². The van der Waals surface area contributed by atoms with E-state index < -0.39 is 0 Å². The van der Waals surface area contributed by atoms with Gasteiger partial charge in [0.05, 0.1) is 11.3 Å². The van der Waals surface area contributed by atoms with Crippen molar-refractivity contribution in [2.24, 2.45) is 5.92 Å². The number of nitrogens with two attached hydrogens (primary N) is 1. The predicted molar refractivity (Wildman–Crippen MR) is 59.4 cm³/mol. The van der Waals surface area contributed by atoms with Crippen molar-refractivity contribution in [3.05, 3.63) is 17.8 Å². The zero-order chi connectivity index (χ0) is 10.8. The summed E-state index contributed by atoms with van der Waals surface area (Å²) in [7, 11) is 0. The van der Waals surface area contributed by atoms with Gasteiger partial charge in [-0.1, -0.05) is 6.92 Å². The molecule has 78 valence electrons. The number of hydrogen-bond acceptors (Lipinski definition) is 4. The summed E-state index contributed by atoms with van der Waals surface area (Å²) in [6.07, 6.45) is 2.81. The quantitative estimate of drug-likeness (QED) is 0.747. The molecule has 1 aliphatic heterocycles. The normalized spacial score (nSPS) is 20.3. The average molecular weight is 202 g/mol. The van der Waals surface area contributed by atoms with Crippen molar-refractivity contribution in [1.29, 1.82) is 5.26 Å². The lowest BCUT2D eigenvalue weighted by Crippen LogP contribution is -2.21. The highest BCUT2D eigenvalue weighted by atomic mass is 15.2. The summed E-state index contributed by atoms with van der Waals surface area (Å²) in [5.74, 6) is 1.44. The highest BCUT2D eigenvalue weighted by Crippen LogP contribution is 2.28. The van der Waals surface area contributed by atoms with E-state index in [0.29, 0.717) is 17.2 Å². The molecule has 0 bridgehead atoms. The van der Waals surface area contributed by atoms with Gasteiger partial charge in [-0.3, -0.25) is 0 Å². The maximum atomic E-state index is 8.86. The van der Waals surface area contributed by atoms with Gasteiger partial charge in [-0.25, -0.2) is 4.98 Å². The third-order valence-electron chi connectivity index (χ3n) is 2.81. The van der Waals surface area contributed by atoms with E-state index in [4.69, 9.17) is 11.0 Å². The number of rotatable bonds is 1. The van der Waals surface area contributed by atoms with E-state index in [1.807, 2.05) is 0 Å². The van der Waals surface area contributed by atoms with E-state index in [9.17, 15) is 0 Å². The minimum absolute atomic E-state index is 0.508. The van der Waals surface area contributed by atoms with Crippen molar-refractivity contribution >= 4 is 11.5 Å². The first-order valence-electron chi connectivity index (χ1n) is 5.12. The third kappa shape index (κ3) is 1.73. The molecular weight excluding hydrogens is 188 g/mol. The Bertz CT molecular complexity index is 408. The molecule has 1 aromatic heterocycles. The van der Waals surface area contributed by atoms with Crippen molar-refractivity contribution < 1.29 is 0 Å². The van der Waals surface area contributed by atoms with Crippen LogP contribution in [0, 0.1) is 17.2 Å². The molecule has 1 unspecified atom stereocenters. The van der Waals surface area contributed by atoms with Gasteiger partial charge in [0, 0.05) is 19.3 Å². The van der Waals surface area contributed by atoms with Gasteiger partial charge in [-0.05, 0) is 18.4 Å². The summed E-state index contributed by atoms with van der Waals surface area (Å²) >= 11 is 0. The van der Waals surface area contributed by atoms with Gasteiger partial charge in [0.1, 0.15) is 6.07 Å². The smallest absolute Gasteiger partial charge is 0.153 e. The molecule has 1 saturated heterocycles. The van der Waals surface area contributed by atoms with Gasteiger partial charge in [0.2, 0.25) is 0 Å². The van der Waals surface area contributed by atoms with Crippen molar-refractivity contribution in [2.75, 3.05) is 23.7 Å². The number of nitrogens with zero attached hydrogens (tertiary/aromatic N) is 3. The Labute approximate surface area is 89.3 Å². The lowest BCUT2D eigenvalue weighted by molar-refractivity contribution is 0.659. The molecule has 2 rings (SSSR count). The number of anilines is 2. The Morgan fingerprint density at radius 2 is 2.47 bits per heavy atom. The lowest BCUT2D eigenvalue weighted by Gasteiger charge is -2.18. The Balaban J connectivity index is 2.33. The molecular formula is C11H14N4. The molecule has 0 radical (unpaired) electrons. The van der Waals surface area contributed by atoms with Crippen molar-refractivity contribution in [3.63, 3.8) is 0 Å². The molecule has 0 spiro atoms. The lowest BCUT2D eigenvalue weighted by atomic mass is 10.2. The fraction of sp³-hybridized carbons (Fsp3) is 0.455. The molecule has 4 nitrogen and oxygen atoms in total. The van der Waals surface area contributed by atoms with E-state index in [-0.39, 0.29) is 0 Å². The number of pyridine rings is 1. The summed E-state index contributed by atoms with van der Waals surface area (Å²) in [6.45, 7) is 4.17. The van der Waals surface area contributed by atoms with E-state index in [0.717, 1.165) is 25.3 Å². The first-order chi connectivity index (χ1) is 7.22. The molecule has 0 aromatic carbocycles. The zero-order valence-electron chi connectivity index (χ0n) is 8.77. The molecule has 0 amide bonds. The number of nitrogen functional groups attached to an aromatic ring is 1. The van der Waals surface area contributed by atoms with E-state index in [1.54, 1.807) is 12.3 Å². The third-order valence-corrected chi connectivity index (χ3v) is 2.81. The van der Waals surface area contributed by atoms with Crippen LogP contribution in [-0.2, 0) is 0 Å². The van der Waals surface area contributed by atoms with E-state index >= 15 is 0 Å². The molecule has 1 aromatic rings. The molecule has 1 fully saturated rings. The first-order valence-corrected chi connectivity index (χ1v) is 5.12. The average Bonchev–Trinajstić information content (AvgIpc) is 2.65. The van der Waals surface area contributed by atoms with Gasteiger partial charge in [-0.15, -0.1) is 0 Å². The Morgan fingerprint density at radius 1 is 1.67 bits per heavy atom. The number of hydrogen-bond donors (Lipinski definition) is 1. The van der Waals surface area contributed by atoms with Gasteiger partial charge in [0.15, 0.2) is 5.82 Å². The molecule has 4 heteroatoms. The largest absolute Gasteiger partial charge is 0.395 e. The first kappa shape index (κ1) is 9.78. The molecule has 2 heterocycles. The van der Waals surface area contributed by atoms with Crippen LogP contribution in [0.2, 0.25) is 0 Å². The van der Waals surface area contributed by atoms with Gasteiger partial charge >= 0.3 is 0 Å². The Morgan fingerprint density at radius 3 is 3.07 bits per heavy atom. The molecule has 1 atom stereocenters. The number of aromatic nitrogens is 1. The van der Waals surface area contributed by atoms with Crippen LogP contribution in [0.25, 0.3) is 0 Å². The van der Waals surface area contributed by atoms with Crippen LogP contribution in [0.1, 0.15) is 18.9 Å². The summed E-state index contributed by atoms with van der Waals surface area (Å²) < 4.78 is 0. The summed E-state index contributed by atoms with van der Waals surface area (Å²) in [4.78, 5) is 6.41. The second kappa shape index (κ2) is 3.77. The maximum absolute atomic E-state index is 8.86. The molecule has 1 aliphatic rings. The highest BCUT2D eigenvalue weighted by molar-refractivity contribution is 5.70. The molecule has 0 aliphatic carbocycles. The minimum Gasteiger partial charge on any atom is -0.395 e. The van der Waals surface area contributed by atoms with Crippen LogP contribution in [0.15, 0.2) is 12.3 Å². The highest BCUT2D eigenvalue weighted by Gasteiger charge is 2.22. The van der Waals surface area contributed by atoms with Crippen LogP contribution in [0.3, 0.4) is 0 Å². The van der Waals surface area contributed by atoms with Gasteiger partial charge in [-0.2, -0.15) is 5.26 Å². The number of nitriles is 1. The monoisotopic (exact) mass is 202 g/mol. The van der Waals surface area contributed by atoms with Crippen LogP contribution in [0.5, 0.6) is 0 Å². The summed E-state index contributed by atoms with van der Waals surface area (Å²) in [5, 5.41) is 8.86. The Hall–Kier alpha value is -1.76.